The number of benzene rings is 2. The van der Waals surface area contributed by atoms with E-state index in [0.29, 0.717) is 5.69 Å². The number of anilines is 1. The summed E-state index contributed by atoms with van der Waals surface area (Å²) in [6.07, 6.45) is 2.25. The predicted octanol–water partition coefficient (Wildman–Crippen LogP) is 3.61. The second-order valence-electron chi connectivity index (χ2n) is 5.74. The zero-order chi connectivity index (χ0) is 18.5. The number of hydrogen-bond donors (Lipinski definition) is 0. The fourth-order valence-electron chi connectivity index (χ4n) is 2.72. The summed E-state index contributed by atoms with van der Waals surface area (Å²) in [5.74, 6) is -0.425. The summed E-state index contributed by atoms with van der Waals surface area (Å²) in [4.78, 5) is 25.5. The van der Waals surface area contributed by atoms with Gasteiger partial charge < -0.3 is 0 Å². The fourth-order valence-corrected chi connectivity index (χ4v) is 2.72. The van der Waals surface area contributed by atoms with Crippen LogP contribution in [0.15, 0.2) is 60.8 Å². The van der Waals surface area contributed by atoms with E-state index < -0.39 is 0 Å². The van der Waals surface area contributed by atoms with Gasteiger partial charge in [-0.1, -0.05) is 49.4 Å². The molecule has 0 bridgehead atoms. The van der Waals surface area contributed by atoms with E-state index in [4.69, 9.17) is 0 Å². The molecular weight excluding hydrogens is 328 g/mol. The van der Waals surface area contributed by atoms with Crippen molar-refractivity contribution in [2.45, 2.75) is 26.7 Å². The number of carbonyl (C=O) groups is 2. The first kappa shape index (κ1) is 17.5. The molecule has 0 radical (unpaired) electrons. The molecule has 0 unspecified atom stereocenters. The molecule has 0 saturated carbocycles. The van der Waals surface area contributed by atoms with Gasteiger partial charge in [0, 0.05) is 18.4 Å². The maximum absolute atomic E-state index is 12.1. The Morgan fingerprint density at radius 1 is 0.923 bits per heavy atom. The summed E-state index contributed by atoms with van der Waals surface area (Å²) in [5.41, 5.74) is 3.24. The lowest BCUT2D eigenvalue weighted by Gasteiger charge is -2.20. The molecule has 1 aromatic heterocycles. The van der Waals surface area contributed by atoms with Gasteiger partial charge in [0.1, 0.15) is 0 Å². The maximum atomic E-state index is 12.1. The van der Waals surface area contributed by atoms with Crippen LogP contribution in [0.3, 0.4) is 0 Å². The average molecular weight is 348 g/mol. The SMILES string of the molecule is CCC(=O)N(C(=O)CC)c1ccc(-n2nncc2-c2ccccc2)cc1. The lowest BCUT2D eigenvalue weighted by Crippen LogP contribution is -2.35. The van der Waals surface area contributed by atoms with Crippen LogP contribution >= 0.6 is 0 Å². The van der Waals surface area contributed by atoms with E-state index in [-0.39, 0.29) is 24.7 Å². The van der Waals surface area contributed by atoms with Crippen LogP contribution < -0.4 is 4.90 Å². The summed E-state index contributed by atoms with van der Waals surface area (Å²) >= 11 is 0. The molecule has 2 amide bonds. The molecule has 26 heavy (non-hydrogen) atoms. The summed E-state index contributed by atoms with van der Waals surface area (Å²) in [6, 6.07) is 17.0. The van der Waals surface area contributed by atoms with Crippen molar-refractivity contribution in [3.8, 4) is 16.9 Å². The Bertz CT molecular complexity index is 885. The van der Waals surface area contributed by atoms with E-state index in [2.05, 4.69) is 10.3 Å². The van der Waals surface area contributed by atoms with Gasteiger partial charge in [-0.2, -0.15) is 0 Å². The number of aromatic nitrogens is 3. The van der Waals surface area contributed by atoms with Gasteiger partial charge in [0.25, 0.3) is 0 Å². The summed E-state index contributed by atoms with van der Waals surface area (Å²) in [7, 11) is 0. The molecule has 0 N–H and O–H groups in total. The van der Waals surface area contributed by atoms with Gasteiger partial charge >= 0.3 is 0 Å². The molecule has 2 aromatic carbocycles. The lowest BCUT2D eigenvalue weighted by atomic mass is 10.1. The molecule has 1 heterocycles. The molecular formula is C20H20N4O2. The molecule has 0 aliphatic carbocycles. The van der Waals surface area contributed by atoms with E-state index in [9.17, 15) is 9.59 Å². The topological polar surface area (TPSA) is 68.1 Å². The van der Waals surface area contributed by atoms with Gasteiger partial charge in [-0.05, 0) is 24.3 Å². The van der Waals surface area contributed by atoms with Crippen molar-refractivity contribution in [3.05, 3.63) is 60.8 Å². The summed E-state index contributed by atoms with van der Waals surface area (Å²) < 4.78 is 1.73. The molecule has 0 saturated heterocycles. The standard InChI is InChI=1S/C20H20N4O2/c1-3-19(25)23(20(26)4-2)16-10-12-17(13-11-16)24-18(14-21-22-24)15-8-6-5-7-9-15/h5-14H,3-4H2,1-2H3. The zero-order valence-electron chi connectivity index (χ0n) is 14.8. The molecule has 0 spiro atoms. The van der Waals surface area contributed by atoms with Crippen LogP contribution in [0.4, 0.5) is 5.69 Å². The highest BCUT2D eigenvalue weighted by molar-refractivity contribution is 6.14. The minimum absolute atomic E-state index is 0.213. The van der Waals surface area contributed by atoms with E-state index in [1.807, 2.05) is 42.5 Å². The highest BCUT2D eigenvalue weighted by Gasteiger charge is 2.20. The fraction of sp³-hybridized carbons (Fsp3) is 0.200. The first-order chi connectivity index (χ1) is 12.7. The quantitative estimate of drug-likeness (QED) is 0.706. The molecule has 3 aromatic rings. The van der Waals surface area contributed by atoms with Gasteiger partial charge in [0.2, 0.25) is 11.8 Å². The predicted molar refractivity (Wildman–Crippen MR) is 99.9 cm³/mol. The van der Waals surface area contributed by atoms with E-state index in [1.54, 1.807) is 36.9 Å². The Morgan fingerprint density at radius 2 is 1.54 bits per heavy atom. The van der Waals surface area contributed by atoms with Gasteiger partial charge in [0.05, 0.1) is 23.3 Å². The molecule has 0 aliphatic rings. The van der Waals surface area contributed by atoms with Crippen molar-refractivity contribution in [2.75, 3.05) is 4.90 Å². The maximum Gasteiger partial charge on any atom is 0.233 e. The van der Waals surface area contributed by atoms with Crippen LogP contribution in [0, 0.1) is 0 Å². The zero-order valence-corrected chi connectivity index (χ0v) is 14.8. The van der Waals surface area contributed by atoms with Crippen molar-refractivity contribution in [2.24, 2.45) is 0 Å². The average Bonchev–Trinajstić information content (AvgIpc) is 3.19. The number of hydrogen-bond acceptors (Lipinski definition) is 4. The van der Waals surface area contributed by atoms with Crippen LogP contribution in [0.5, 0.6) is 0 Å². The summed E-state index contributed by atoms with van der Waals surface area (Å²) in [6.45, 7) is 3.49. The molecule has 0 aliphatic heterocycles. The van der Waals surface area contributed by atoms with Crippen LogP contribution in [0.1, 0.15) is 26.7 Å². The highest BCUT2D eigenvalue weighted by Crippen LogP contribution is 2.24. The number of imide groups is 1. The molecule has 0 fully saturated rings. The number of carbonyl (C=O) groups excluding carboxylic acids is 2. The Balaban J connectivity index is 1.95. The molecule has 132 valence electrons. The van der Waals surface area contributed by atoms with E-state index >= 15 is 0 Å². The summed E-state index contributed by atoms with van der Waals surface area (Å²) in [5, 5.41) is 8.17. The third-order valence-electron chi connectivity index (χ3n) is 4.08. The van der Waals surface area contributed by atoms with Crippen molar-refractivity contribution in [3.63, 3.8) is 0 Å². The molecule has 6 heteroatoms. The van der Waals surface area contributed by atoms with E-state index in [0.717, 1.165) is 16.9 Å². The largest absolute Gasteiger partial charge is 0.274 e. The smallest absolute Gasteiger partial charge is 0.233 e. The van der Waals surface area contributed by atoms with Crippen LogP contribution in [0.25, 0.3) is 16.9 Å². The minimum atomic E-state index is -0.213. The van der Waals surface area contributed by atoms with Gasteiger partial charge in [0.15, 0.2) is 0 Å². The Morgan fingerprint density at radius 3 is 2.12 bits per heavy atom. The monoisotopic (exact) mass is 348 g/mol. The first-order valence-electron chi connectivity index (χ1n) is 8.58. The van der Waals surface area contributed by atoms with Crippen molar-refractivity contribution >= 4 is 17.5 Å². The van der Waals surface area contributed by atoms with E-state index in [1.165, 1.54) is 4.90 Å². The van der Waals surface area contributed by atoms with Gasteiger partial charge in [-0.25, -0.2) is 4.68 Å². The van der Waals surface area contributed by atoms with Crippen molar-refractivity contribution in [1.29, 1.82) is 0 Å². The number of amides is 2. The number of nitrogens with zero attached hydrogens (tertiary/aromatic N) is 4. The Kier molecular flexibility index (Phi) is 5.22. The van der Waals surface area contributed by atoms with Crippen LogP contribution in [-0.2, 0) is 9.59 Å². The second kappa shape index (κ2) is 7.74. The normalized spacial score (nSPS) is 10.5. The van der Waals surface area contributed by atoms with Crippen LogP contribution in [-0.4, -0.2) is 26.8 Å². The van der Waals surface area contributed by atoms with Gasteiger partial charge in [-0.15, -0.1) is 5.10 Å². The third-order valence-corrected chi connectivity index (χ3v) is 4.08. The number of rotatable bonds is 5. The van der Waals surface area contributed by atoms with Crippen molar-refractivity contribution in [1.82, 2.24) is 15.0 Å². The lowest BCUT2D eigenvalue weighted by molar-refractivity contribution is -0.126. The van der Waals surface area contributed by atoms with Crippen LogP contribution in [0.2, 0.25) is 0 Å². The molecule has 3 rings (SSSR count). The van der Waals surface area contributed by atoms with Gasteiger partial charge in [-0.3, -0.25) is 14.5 Å². The third kappa shape index (κ3) is 3.39. The minimum Gasteiger partial charge on any atom is -0.274 e. The molecule has 0 atom stereocenters. The highest BCUT2D eigenvalue weighted by atomic mass is 16.2. The Hall–Kier alpha value is -3.28. The van der Waals surface area contributed by atoms with Crippen molar-refractivity contribution < 1.29 is 9.59 Å². The second-order valence-corrected chi connectivity index (χ2v) is 5.74. The Labute approximate surface area is 152 Å². The first-order valence-corrected chi connectivity index (χ1v) is 8.58. The molecule has 6 nitrogen and oxygen atoms in total.